The fourth-order valence-electron chi connectivity index (χ4n) is 1.98. The first-order valence-electron chi connectivity index (χ1n) is 6.71. The summed E-state index contributed by atoms with van der Waals surface area (Å²) in [5, 5.41) is 12.3. The van der Waals surface area contributed by atoms with E-state index in [9.17, 15) is 19.5 Å². The van der Waals surface area contributed by atoms with Crippen LogP contribution >= 0.6 is 0 Å². The number of hydrogen-bond acceptors (Lipinski definition) is 6. The normalized spacial score (nSPS) is 18.0. The second kappa shape index (κ2) is 6.10. The van der Waals surface area contributed by atoms with Gasteiger partial charge in [-0.1, -0.05) is 6.07 Å². The van der Waals surface area contributed by atoms with Crippen molar-refractivity contribution in [2.75, 3.05) is 13.2 Å². The molecular weight excluding hydrogens is 290 g/mol. The summed E-state index contributed by atoms with van der Waals surface area (Å²) < 4.78 is 4.90. The van der Waals surface area contributed by atoms with Gasteiger partial charge >= 0.3 is 12.0 Å². The molecule has 1 fully saturated rings. The van der Waals surface area contributed by atoms with Gasteiger partial charge in [0.05, 0.1) is 6.54 Å². The predicted molar refractivity (Wildman–Crippen MR) is 74.9 cm³/mol. The Balaban J connectivity index is 1.86. The number of aromatic nitrogens is 1. The maximum Gasteiger partial charge on any atom is 0.357 e. The van der Waals surface area contributed by atoms with Crippen molar-refractivity contribution in [3.05, 3.63) is 30.1 Å². The molecule has 1 aliphatic rings. The highest BCUT2D eigenvalue weighted by Gasteiger charge is 2.44. The summed E-state index contributed by atoms with van der Waals surface area (Å²) in [5.74, 6) is -1.12. The Morgan fingerprint density at radius 1 is 1.45 bits per heavy atom. The average molecular weight is 307 g/mol. The zero-order valence-corrected chi connectivity index (χ0v) is 12.3. The lowest BCUT2D eigenvalue weighted by atomic mass is 10.1. The van der Waals surface area contributed by atoms with E-state index in [-0.39, 0.29) is 18.8 Å². The van der Waals surface area contributed by atoms with Crippen molar-refractivity contribution in [2.24, 2.45) is 0 Å². The molecule has 2 heterocycles. The lowest BCUT2D eigenvalue weighted by Crippen LogP contribution is -2.42. The predicted octanol–water partition coefficient (Wildman–Crippen LogP) is -0.0703. The molecule has 2 N–H and O–H groups in total. The van der Waals surface area contributed by atoms with Crippen LogP contribution in [0.25, 0.3) is 0 Å². The molecule has 0 bridgehead atoms. The number of β-amino-alcohol motifs (C(OH)–C–C–N with tert-alkyl or cyclic N) is 1. The number of pyridine rings is 1. The third-order valence-electron chi connectivity index (χ3n) is 3.12. The molecule has 1 aliphatic heterocycles. The first kappa shape index (κ1) is 15.9. The van der Waals surface area contributed by atoms with E-state index in [0.29, 0.717) is 0 Å². The second-order valence-corrected chi connectivity index (χ2v) is 5.44. The van der Waals surface area contributed by atoms with Crippen LogP contribution in [0.2, 0.25) is 0 Å². The van der Waals surface area contributed by atoms with E-state index < -0.39 is 29.6 Å². The Labute approximate surface area is 127 Å². The molecule has 1 atom stereocenters. The van der Waals surface area contributed by atoms with Crippen LogP contribution in [0.15, 0.2) is 24.4 Å². The zero-order chi connectivity index (χ0) is 16.3. The van der Waals surface area contributed by atoms with Gasteiger partial charge in [0.2, 0.25) is 0 Å². The summed E-state index contributed by atoms with van der Waals surface area (Å²) in [6.45, 7) is 2.55. The maximum absolute atomic E-state index is 11.9. The molecule has 1 saturated heterocycles. The average Bonchev–Trinajstić information content (AvgIpc) is 2.67. The van der Waals surface area contributed by atoms with E-state index in [2.05, 4.69) is 10.3 Å². The summed E-state index contributed by atoms with van der Waals surface area (Å²) in [7, 11) is 0. The third kappa shape index (κ3) is 3.40. The number of esters is 1. The molecule has 1 aromatic heterocycles. The number of imide groups is 1. The van der Waals surface area contributed by atoms with Gasteiger partial charge in [-0.3, -0.25) is 9.69 Å². The standard InChI is InChI=1S/C14H17N3O5/c1-14(2)12(20)17(13(21)16-14)7-9(18)8-22-11(19)10-5-3-4-6-15-10/h3-6,9,18H,7-8H2,1-2H3,(H,16,21). The number of urea groups is 1. The number of rotatable bonds is 5. The van der Waals surface area contributed by atoms with Crippen LogP contribution in [-0.4, -0.2) is 57.7 Å². The first-order valence-corrected chi connectivity index (χ1v) is 6.71. The van der Waals surface area contributed by atoms with Crippen LogP contribution in [0.1, 0.15) is 24.3 Å². The van der Waals surface area contributed by atoms with Crippen LogP contribution < -0.4 is 5.32 Å². The van der Waals surface area contributed by atoms with E-state index in [1.54, 1.807) is 26.0 Å². The number of nitrogens with one attached hydrogen (secondary N) is 1. The number of aliphatic hydroxyl groups is 1. The van der Waals surface area contributed by atoms with E-state index in [1.807, 2.05) is 0 Å². The minimum absolute atomic E-state index is 0.117. The van der Waals surface area contributed by atoms with Gasteiger partial charge in [0.25, 0.3) is 5.91 Å². The monoisotopic (exact) mass is 307 g/mol. The molecule has 8 heteroatoms. The van der Waals surface area contributed by atoms with E-state index in [4.69, 9.17) is 4.74 Å². The van der Waals surface area contributed by atoms with E-state index in [1.165, 1.54) is 12.3 Å². The topological polar surface area (TPSA) is 109 Å². The van der Waals surface area contributed by atoms with Crippen LogP contribution in [0.5, 0.6) is 0 Å². The van der Waals surface area contributed by atoms with Crippen molar-refractivity contribution < 1.29 is 24.2 Å². The molecule has 8 nitrogen and oxygen atoms in total. The molecular formula is C14H17N3O5. The van der Waals surface area contributed by atoms with Gasteiger partial charge in [0.1, 0.15) is 23.9 Å². The fourth-order valence-corrected chi connectivity index (χ4v) is 1.98. The molecule has 0 aliphatic carbocycles. The van der Waals surface area contributed by atoms with Crippen molar-refractivity contribution in [1.82, 2.24) is 15.2 Å². The van der Waals surface area contributed by atoms with Crippen LogP contribution in [0, 0.1) is 0 Å². The quantitative estimate of drug-likeness (QED) is 0.582. The SMILES string of the molecule is CC1(C)NC(=O)N(CC(O)COC(=O)c2ccccn2)C1=O. The Bertz CT molecular complexity index is 587. The van der Waals surface area contributed by atoms with Gasteiger partial charge in [-0.2, -0.15) is 0 Å². The number of nitrogens with zero attached hydrogens (tertiary/aromatic N) is 2. The van der Waals surface area contributed by atoms with E-state index >= 15 is 0 Å². The largest absolute Gasteiger partial charge is 0.458 e. The molecule has 0 spiro atoms. The maximum atomic E-state index is 11.9. The third-order valence-corrected chi connectivity index (χ3v) is 3.12. The smallest absolute Gasteiger partial charge is 0.357 e. The summed E-state index contributed by atoms with van der Waals surface area (Å²) in [4.78, 5) is 40.0. The second-order valence-electron chi connectivity index (χ2n) is 5.44. The van der Waals surface area contributed by atoms with Crippen LogP contribution in [0.3, 0.4) is 0 Å². The van der Waals surface area contributed by atoms with Gasteiger partial charge in [0, 0.05) is 6.20 Å². The molecule has 2 rings (SSSR count). The molecule has 0 saturated carbocycles. The van der Waals surface area contributed by atoms with Crippen molar-refractivity contribution in [3.8, 4) is 0 Å². The molecule has 118 valence electrons. The Hall–Kier alpha value is -2.48. The molecule has 22 heavy (non-hydrogen) atoms. The van der Waals surface area contributed by atoms with Gasteiger partial charge in [-0.05, 0) is 26.0 Å². The highest BCUT2D eigenvalue weighted by Crippen LogP contribution is 2.16. The van der Waals surface area contributed by atoms with E-state index in [0.717, 1.165) is 4.90 Å². The van der Waals surface area contributed by atoms with Crippen LogP contribution in [-0.2, 0) is 9.53 Å². The van der Waals surface area contributed by atoms with Crippen molar-refractivity contribution in [1.29, 1.82) is 0 Å². The first-order chi connectivity index (χ1) is 10.3. The van der Waals surface area contributed by atoms with Gasteiger partial charge in [-0.15, -0.1) is 0 Å². The molecule has 0 aromatic carbocycles. The van der Waals surface area contributed by atoms with Gasteiger partial charge in [0.15, 0.2) is 0 Å². The van der Waals surface area contributed by atoms with Crippen LogP contribution in [0.4, 0.5) is 4.79 Å². The number of aliphatic hydroxyl groups excluding tert-OH is 1. The number of carbonyl (C=O) groups is 3. The molecule has 3 amide bonds. The summed E-state index contributed by atoms with van der Waals surface area (Å²) >= 11 is 0. The summed E-state index contributed by atoms with van der Waals surface area (Å²) in [6, 6.07) is 4.19. The molecule has 1 aromatic rings. The lowest BCUT2D eigenvalue weighted by molar-refractivity contribution is -0.131. The minimum Gasteiger partial charge on any atom is -0.458 e. The van der Waals surface area contributed by atoms with Gasteiger partial charge < -0.3 is 15.2 Å². The number of amides is 3. The molecule has 0 radical (unpaired) electrons. The van der Waals surface area contributed by atoms with Crippen molar-refractivity contribution in [2.45, 2.75) is 25.5 Å². The summed E-state index contributed by atoms with van der Waals surface area (Å²) in [6.07, 6.45) is 0.277. The summed E-state index contributed by atoms with van der Waals surface area (Å²) in [5.41, 5.74) is -0.882. The van der Waals surface area contributed by atoms with Crippen molar-refractivity contribution >= 4 is 17.9 Å². The Morgan fingerprint density at radius 3 is 2.73 bits per heavy atom. The van der Waals surface area contributed by atoms with Gasteiger partial charge in [-0.25, -0.2) is 14.6 Å². The Kier molecular flexibility index (Phi) is 4.41. The lowest BCUT2D eigenvalue weighted by Gasteiger charge is -2.19. The number of carbonyl (C=O) groups excluding carboxylic acids is 3. The van der Waals surface area contributed by atoms with Crippen molar-refractivity contribution in [3.63, 3.8) is 0 Å². The number of hydrogen-bond donors (Lipinski definition) is 2. The highest BCUT2D eigenvalue weighted by molar-refractivity contribution is 6.06. The fraction of sp³-hybridized carbons (Fsp3) is 0.429. The molecule has 1 unspecified atom stereocenters. The number of ether oxygens (including phenoxy) is 1. The zero-order valence-electron chi connectivity index (χ0n) is 12.3. The Morgan fingerprint density at radius 2 is 2.18 bits per heavy atom. The highest BCUT2D eigenvalue weighted by atomic mass is 16.5. The minimum atomic E-state index is -1.17.